The summed E-state index contributed by atoms with van der Waals surface area (Å²) >= 11 is 0. The highest BCUT2D eigenvalue weighted by Gasteiger charge is 2.13. The van der Waals surface area contributed by atoms with E-state index in [2.05, 4.69) is 5.32 Å². The van der Waals surface area contributed by atoms with E-state index >= 15 is 0 Å². The van der Waals surface area contributed by atoms with Gasteiger partial charge in [-0.15, -0.1) is 0 Å². The number of phenols is 1. The van der Waals surface area contributed by atoms with Gasteiger partial charge in [-0.1, -0.05) is 0 Å². The molecule has 0 aromatic heterocycles. The number of benzene rings is 2. The van der Waals surface area contributed by atoms with Crippen LogP contribution in [0.1, 0.15) is 15.9 Å². The summed E-state index contributed by atoms with van der Waals surface area (Å²) in [6.07, 6.45) is 0. The van der Waals surface area contributed by atoms with Crippen molar-refractivity contribution in [3.05, 3.63) is 65.0 Å². The van der Waals surface area contributed by atoms with Crippen LogP contribution in [0, 0.1) is 17.5 Å². The summed E-state index contributed by atoms with van der Waals surface area (Å²) in [5.74, 6) is -3.18. The van der Waals surface area contributed by atoms with E-state index < -0.39 is 29.1 Å². The summed E-state index contributed by atoms with van der Waals surface area (Å²) in [6.45, 7) is -0.279. The molecule has 0 bridgehead atoms. The van der Waals surface area contributed by atoms with Crippen LogP contribution in [0.4, 0.5) is 13.2 Å². The molecular weight excluding hydrogens is 271 g/mol. The van der Waals surface area contributed by atoms with E-state index in [1.165, 1.54) is 0 Å². The smallest absolute Gasteiger partial charge is 0.255 e. The first kappa shape index (κ1) is 13.9. The van der Waals surface area contributed by atoms with Crippen LogP contribution in [-0.2, 0) is 6.54 Å². The van der Waals surface area contributed by atoms with Crippen LogP contribution >= 0.6 is 0 Å². The van der Waals surface area contributed by atoms with Crippen LogP contribution in [0.25, 0.3) is 0 Å². The Labute approximate surface area is 112 Å². The van der Waals surface area contributed by atoms with Crippen molar-refractivity contribution in [1.82, 2.24) is 5.32 Å². The fraction of sp³-hybridized carbons (Fsp3) is 0.0714. The highest BCUT2D eigenvalue weighted by atomic mass is 19.1. The van der Waals surface area contributed by atoms with Crippen molar-refractivity contribution in [2.45, 2.75) is 6.54 Å². The molecule has 0 aliphatic carbocycles. The van der Waals surface area contributed by atoms with Gasteiger partial charge in [0.2, 0.25) is 0 Å². The molecule has 20 heavy (non-hydrogen) atoms. The van der Waals surface area contributed by atoms with Crippen molar-refractivity contribution in [2.24, 2.45) is 0 Å². The SMILES string of the molecule is O=C(NCc1cc(F)ccc1F)c1cc(F)ccc1O. The molecule has 2 aromatic carbocycles. The number of phenolic OH excluding ortho intramolecular Hbond substituents is 1. The lowest BCUT2D eigenvalue weighted by Crippen LogP contribution is -2.23. The molecule has 0 saturated heterocycles. The summed E-state index contributed by atoms with van der Waals surface area (Å²) in [4.78, 5) is 11.7. The summed E-state index contributed by atoms with van der Waals surface area (Å²) in [7, 11) is 0. The van der Waals surface area contributed by atoms with Crippen LogP contribution < -0.4 is 5.32 Å². The zero-order valence-corrected chi connectivity index (χ0v) is 10.2. The summed E-state index contributed by atoms with van der Waals surface area (Å²) < 4.78 is 39.3. The molecule has 0 saturated carbocycles. The Morgan fingerprint density at radius 2 is 1.70 bits per heavy atom. The average Bonchev–Trinajstić information content (AvgIpc) is 2.42. The van der Waals surface area contributed by atoms with Crippen molar-refractivity contribution in [3.63, 3.8) is 0 Å². The van der Waals surface area contributed by atoms with E-state index in [1.54, 1.807) is 0 Å². The number of carbonyl (C=O) groups excluding carboxylic acids is 1. The Hall–Kier alpha value is -2.50. The molecule has 104 valence electrons. The maximum atomic E-state index is 13.3. The van der Waals surface area contributed by atoms with Gasteiger partial charge in [0.05, 0.1) is 5.56 Å². The first-order valence-electron chi connectivity index (χ1n) is 5.68. The minimum absolute atomic E-state index is 0.0470. The van der Waals surface area contributed by atoms with Crippen LogP contribution in [0.3, 0.4) is 0 Å². The normalized spacial score (nSPS) is 10.3. The van der Waals surface area contributed by atoms with Gasteiger partial charge in [-0.2, -0.15) is 0 Å². The predicted molar refractivity (Wildman–Crippen MR) is 65.6 cm³/mol. The molecule has 0 fully saturated rings. The molecule has 2 rings (SSSR count). The van der Waals surface area contributed by atoms with Gasteiger partial charge in [-0.3, -0.25) is 4.79 Å². The molecule has 2 aromatic rings. The zero-order valence-electron chi connectivity index (χ0n) is 10.2. The number of hydrogen-bond acceptors (Lipinski definition) is 2. The molecule has 1 amide bonds. The number of carbonyl (C=O) groups is 1. The third kappa shape index (κ3) is 3.09. The molecular formula is C14H10F3NO2. The molecule has 6 heteroatoms. The molecule has 0 radical (unpaired) electrons. The Morgan fingerprint density at radius 1 is 1.05 bits per heavy atom. The van der Waals surface area contributed by atoms with Crippen LogP contribution in [-0.4, -0.2) is 11.0 Å². The first-order chi connectivity index (χ1) is 9.47. The standard InChI is InChI=1S/C14H10F3NO2/c15-9-1-3-12(17)8(5-9)7-18-14(20)11-6-10(16)2-4-13(11)19/h1-6,19H,7H2,(H,18,20). The highest BCUT2D eigenvalue weighted by molar-refractivity contribution is 5.96. The van der Waals surface area contributed by atoms with E-state index in [9.17, 15) is 23.1 Å². The Kier molecular flexibility index (Phi) is 3.93. The zero-order chi connectivity index (χ0) is 14.7. The maximum absolute atomic E-state index is 13.3. The summed E-state index contributed by atoms with van der Waals surface area (Å²) in [5, 5.41) is 11.7. The maximum Gasteiger partial charge on any atom is 0.255 e. The topological polar surface area (TPSA) is 49.3 Å². The summed E-state index contributed by atoms with van der Waals surface area (Å²) in [5.41, 5.74) is -0.323. The minimum Gasteiger partial charge on any atom is -0.507 e. The van der Waals surface area contributed by atoms with Crippen molar-refractivity contribution in [3.8, 4) is 5.75 Å². The number of halogens is 3. The lowest BCUT2D eigenvalue weighted by Gasteiger charge is -2.08. The minimum atomic E-state index is -0.786. The Morgan fingerprint density at radius 3 is 2.45 bits per heavy atom. The Balaban J connectivity index is 2.12. The molecule has 0 heterocycles. The summed E-state index contributed by atoms with van der Waals surface area (Å²) in [6, 6.07) is 5.73. The highest BCUT2D eigenvalue weighted by Crippen LogP contribution is 2.18. The molecule has 0 aliphatic heterocycles. The van der Waals surface area contributed by atoms with Gasteiger partial charge in [-0.25, -0.2) is 13.2 Å². The third-order valence-electron chi connectivity index (χ3n) is 2.65. The molecule has 0 aliphatic rings. The fourth-order valence-corrected chi connectivity index (χ4v) is 1.64. The van der Waals surface area contributed by atoms with E-state index in [-0.39, 0.29) is 17.7 Å². The van der Waals surface area contributed by atoms with Crippen molar-refractivity contribution >= 4 is 5.91 Å². The monoisotopic (exact) mass is 281 g/mol. The molecule has 0 atom stereocenters. The number of rotatable bonds is 3. The van der Waals surface area contributed by atoms with Crippen molar-refractivity contribution in [2.75, 3.05) is 0 Å². The largest absolute Gasteiger partial charge is 0.507 e. The van der Waals surface area contributed by atoms with Crippen molar-refractivity contribution in [1.29, 1.82) is 0 Å². The number of nitrogens with one attached hydrogen (secondary N) is 1. The lowest BCUT2D eigenvalue weighted by atomic mass is 10.1. The van der Waals surface area contributed by atoms with Crippen LogP contribution in [0.5, 0.6) is 5.75 Å². The molecule has 2 N–H and O–H groups in total. The molecule has 0 unspecified atom stereocenters. The number of amides is 1. The second-order valence-corrected chi connectivity index (χ2v) is 4.08. The fourth-order valence-electron chi connectivity index (χ4n) is 1.64. The molecule has 0 spiro atoms. The van der Waals surface area contributed by atoms with E-state index in [0.29, 0.717) is 0 Å². The lowest BCUT2D eigenvalue weighted by molar-refractivity contribution is 0.0947. The van der Waals surface area contributed by atoms with Gasteiger partial charge in [0, 0.05) is 12.1 Å². The van der Waals surface area contributed by atoms with Gasteiger partial charge < -0.3 is 10.4 Å². The van der Waals surface area contributed by atoms with Gasteiger partial charge in [0.25, 0.3) is 5.91 Å². The predicted octanol–water partition coefficient (Wildman–Crippen LogP) is 2.74. The second-order valence-electron chi connectivity index (χ2n) is 4.08. The molecule has 3 nitrogen and oxygen atoms in total. The Bertz CT molecular complexity index is 659. The van der Waals surface area contributed by atoms with E-state index in [1.807, 2.05) is 0 Å². The van der Waals surface area contributed by atoms with Gasteiger partial charge >= 0.3 is 0 Å². The van der Waals surface area contributed by atoms with Gasteiger partial charge in [0.1, 0.15) is 23.2 Å². The third-order valence-corrected chi connectivity index (χ3v) is 2.65. The van der Waals surface area contributed by atoms with Gasteiger partial charge in [-0.05, 0) is 36.4 Å². The van der Waals surface area contributed by atoms with Crippen LogP contribution in [0.2, 0.25) is 0 Å². The van der Waals surface area contributed by atoms with Crippen LogP contribution in [0.15, 0.2) is 36.4 Å². The average molecular weight is 281 g/mol. The van der Waals surface area contributed by atoms with Gasteiger partial charge in [0.15, 0.2) is 0 Å². The first-order valence-corrected chi connectivity index (χ1v) is 5.68. The van der Waals surface area contributed by atoms with E-state index in [0.717, 1.165) is 36.4 Å². The quantitative estimate of drug-likeness (QED) is 0.908. The second kappa shape index (κ2) is 5.64. The number of hydrogen-bond donors (Lipinski definition) is 2. The number of aromatic hydroxyl groups is 1. The van der Waals surface area contributed by atoms with E-state index in [4.69, 9.17) is 0 Å². The van der Waals surface area contributed by atoms with Crippen molar-refractivity contribution < 1.29 is 23.1 Å².